The van der Waals surface area contributed by atoms with Gasteiger partial charge in [0.2, 0.25) is 0 Å². The monoisotopic (exact) mass is 300 g/mol. The lowest BCUT2D eigenvalue weighted by Crippen LogP contribution is -2.11. The van der Waals surface area contributed by atoms with Gasteiger partial charge < -0.3 is 15.5 Å². The average Bonchev–Trinajstić information content (AvgIpc) is 2.88. The second-order valence-corrected chi connectivity index (χ2v) is 5.93. The molecule has 2 rings (SSSR count). The van der Waals surface area contributed by atoms with E-state index in [1.807, 2.05) is 12.1 Å². The SMILES string of the molecule is NCc1ccc(CNCc2ccc(Br)s2)o1. The number of hydrogen-bond donors (Lipinski definition) is 2. The summed E-state index contributed by atoms with van der Waals surface area (Å²) in [5, 5.41) is 3.32. The van der Waals surface area contributed by atoms with Crippen molar-refractivity contribution >= 4 is 27.3 Å². The Hall–Kier alpha value is -0.620. The molecule has 2 heterocycles. The summed E-state index contributed by atoms with van der Waals surface area (Å²) in [5.74, 6) is 1.76. The number of furan rings is 1. The molecule has 3 nitrogen and oxygen atoms in total. The van der Waals surface area contributed by atoms with E-state index in [4.69, 9.17) is 10.2 Å². The van der Waals surface area contributed by atoms with Crippen LogP contribution in [0.5, 0.6) is 0 Å². The van der Waals surface area contributed by atoms with Crippen molar-refractivity contribution in [1.82, 2.24) is 5.32 Å². The van der Waals surface area contributed by atoms with Crippen molar-refractivity contribution in [3.8, 4) is 0 Å². The minimum absolute atomic E-state index is 0.456. The van der Waals surface area contributed by atoms with Crippen molar-refractivity contribution in [2.45, 2.75) is 19.6 Å². The fraction of sp³-hybridized carbons (Fsp3) is 0.273. The average molecular weight is 301 g/mol. The Kier molecular flexibility index (Phi) is 4.17. The molecule has 0 bridgehead atoms. The van der Waals surface area contributed by atoms with Crippen LogP contribution in [0, 0.1) is 0 Å². The van der Waals surface area contributed by atoms with E-state index in [1.54, 1.807) is 11.3 Å². The third-order valence-corrected chi connectivity index (χ3v) is 3.77. The predicted molar refractivity (Wildman–Crippen MR) is 69.2 cm³/mol. The topological polar surface area (TPSA) is 51.2 Å². The summed E-state index contributed by atoms with van der Waals surface area (Å²) in [4.78, 5) is 1.30. The Morgan fingerprint density at radius 3 is 2.62 bits per heavy atom. The predicted octanol–water partition coefficient (Wildman–Crippen LogP) is 2.85. The number of hydrogen-bond acceptors (Lipinski definition) is 4. The third-order valence-electron chi connectivity index (χ3n) is 2.15. The minimum Gasteiger partial charge on any atom is -0.463 e. The van der Waals surface area contributed by atoms with Crippen molar-refractivity contribution in [2.75, 3.05) is 0 Å². The first-order chi connectivity index (χ1) is 7.78. The Morgan fingerprint density at radius 2 is 2.00 bits per heavy atom. The van der Waals surface area contributed by atoms with Crippen molar-refractivity contribution < 1.29 is 4.42 Å². The molecule has 2 aromatic rings. The maximum Gasteiger partial charge on any atom is 0.118 e. The zero-order valence-electron chi connectivity index (χ0n) is 8.70. The second-order valence-electron chi connectivity index (χ2n) is 3.38. The molecule has 5 heteroatoms. The molecule has 0 saturated carbocycles. The highest BCUT2D eigenvalue weighted by Gasteiger charge is 2.01. The number of nitrogens with two attached hydrogens (primary N) is 1. The van der Waals surface area contributed by atoms with Crippen molar-refractivity contribution in [3.05, 3.63) is 44.4 Å². The molecule has 0 atom stereocenters. The van der Waals surface area contributed by atoms with Crippen LogP contribution < -0.4 is 11.1 Å². The first-order valence-electron chi connectivity index (χ1n) is 5.00. The number of halogens is 1. The minimum atomic E-state index is 0.456. The van der Waals surface area contributed by atoms with Gasteiger partial charge in [0.15, 0.2) is 0 Å². The Balaban J connectivity index is 1.79. The van der Waals surface area contributed by atoms with E-state index in [9.17, 15) is 0 Å². The fourth-order valence-electron chi connectivity index (χ4n) is 1.38. The van der Waals surface area contributed by atoms with Gasteiger partial charge >= 0.3 is 0 Å². The van der Waals surface area contributed by atoms with Gasteiger partial charge in [-0.3, -0.25) is 0 Å². The first kappa shape index (κ1) is 11.9. The summed E-state index contributed by atoms with van der Waals surface area (Å²) < 4.78 is 6.64. The highest BCUT2D eigenvalue weighted by atomic mass is 79.9. The molecule has 0 unspecified atom stereocenters. The quantitative estimate of drug-likeness (QED) is 0.893. The lowest BCUT2D eigenvalue weighted by atomic mass is 10.4. The summed E-state index contributed by atoms with van der Waals surface area (Å²) in [7, 11) is 0. The molecule has 86 valence electrons. The van der Waals surface area contributed by atoms with Crippen LogP contribution in [0.1, 0.15) is 16.4 Å². The van der Waals surface area contributed by atoms with E-state index in [-0.39, 0.29) is 0 Å². The van der Waals surface area contributed by atoms with E-state index in [0.717, 1.165) is 28.4 Å². The molecule has 0 aliphatic heterocycles. The van der Waals surface area contributed by atoms with E-state index >= 15 is 0 Å². The third kappa shape index (κ3) is 3.18. The van der Waals surface area contributed by atoms with Crippen molar-refractivity contribution in [2.24, 2.45) is 5.73 Å². The van der Waals surface area contributed by atoms with Gasteiger partial charge in [-0.15, -0.1) is 11.3 Å². The number of thiophene rings is 1. The van der Waals surface area contributed by atoms with Crippen LogP contribution in [-0.4, -0.2) is 0 Å². The highest BCUT2D eigenvalue weighted by molar-refractivity contribution is 9.11. The van der Waals surface area contributed by atoms with E-state index < -0.39 is 0 Å². The lowest BCUT2D eigenvalue weighted by Gasteiger charge is -1.99. The lowest BCUT2D eigenvalue weighted by molar-refractivity contribution is 0.448. The summed E-state index contributed by atoms with van der Waals surface area (Å²) >= 11 is 5.18. The normalized spacial score (nSPS) is 10.9. The molecule has 0 amide bonds. The van der Waals surface area contributed by atoms with Gasteiger partial charge in [-0.1, -0.05) is 0 Å². The van der Waals surface area contributed by atoms with Crippen LogP contribution in [0.2, 0.25) is 0 Å². The van der Waals surface area contributed by atoms with E-state index in [0.29, 0.717) is 6.54 Å². The summed E-state index contributed by atoms with van der Waals surface area (Å²) in [6, 6.07) is 8.04. The fourth-order valence-corrected chi connectivity index (χ4v) is 2.84. The highest BCUT2D eigenvalue weighted by Crippen LogP contribution is 2.21. The van der Waals surface area contributed by atoms with Crippen LogP contribution in [-0.2, 0) is 19.6 Å². The molecular formula is C11H13BrN2OS. The molecule has 0 aliphatic carbocycles. The van der Waals surface area contributed by atoms with E-state index in [1.165, 1.54) is 4.88 Å². The maximum atomic E-state index is 5.48. The molecule has 0 aromatic carbocycles. The van der Waals surface area contributed by atoms with Crippen LogP contribution in [0.25, 0.3) is 0 Å². The molecule has 0 aliphatic rings. The van der Waals surface area contributed by atoms with Gasteiger partial charge in [-0.05, 0) is 40.2 Å². The van der Waals surface area contributed by atoms with Crippen molar-refractivity contribution in [3.63, 3.8) is 0 Å². The zero-order valence-corrected chi connectivity index (χ0v) is 11.1. The Bertz CT molecular complexity index is 452. The maximum absolute atomic E-state index is 5.48. The standard InChI is InChI=1S/C11H13BrN2OS/c12-11-4-3-10(16-11)7-14-6-9-2-1-8(5-13)15-9/h1-4,14H,5-7,13H2. The molecule has 0 spiro atoms. The molecule has 3 N–H and O–H groups in total. The van der Waals surface area contributed by atoms with Gasteiger partial charge in [0.25, 0.3) is 0 Å². The number of nitrogens with one attached hydrogen (secondary N) is 1. The van der Waals surface area contributed by atoms with E-state index in [2.05, 4.69) is 33.4 Å². The van der Waals surface area contributed by atoms with Gasteiger partial charge in [0, 0.05) is 11.4 Å². The molecule has 16 heavy (non-hydrogen) atoms. The number of rotatable bonds is 5. The largest absolute Gasteiger partial charge is 0.463 e. The second kappa shape index (κ2) is 5.63. The zero-order chi connectivity index (χ0) is 11.4. The Labute approximate surface area is 107 Å². The van der Waals surface area contributed by atoms with Gasteiger partial charge in [-0.25, -0.2) is 0 Å². The molecule has 0 radical (unpaired) electrons. The molecule has 0 fully saturated rings. The van der Waals surface area contributed by atoms with Crippen LogP contribution >= 0.6 is 27.3 Å². The molecular weight excluding hydrogens is 288 g/mol. The van der Waals surface area contributed by atoms with Gasteiger partial charge in [-0.2, -0.15) is 0 Å². The first-order valence-corrected chi connectivity index (χ1v) is 6.61. The summed E-state index contributed by atoms with van der Waals surface area (Å²) in [5.41, 5.74) is 5.47. The molecule has 0 saturated heterocycles. The van der Waals surface area contributed by atoms with Crippen LogP contribution in [0.15, 0.2) is 32.5 Å². The summed E-state index contributed by atoms with van der Waals surface area (Å²) in [6.45, 7) is 2.04. The summed E-state index contributed by atoms with van der Waals surface area (Å²) in [6.07, 6.45) is 0. The molecule has 2 aromatic heterocycles. The van der Waals surface area contributed by atoms with Crippen molar-refractivity contribution in [1.29, 1.82) is 0 Å². The Morgan fingerprint density at radius 1 is 1.19 bits per heavy atom. The van der Waals surface area contributed by atoms with Crippen LogP contribution in [0.3, 0.4) is 0 Å². The smallest absolute Gasteiger partial charge is 0.118 e. The van der Waals surface area contributed by atoms with Crippen LogP contribution in [0.4, 0.5) is 0 Å². The van der Waals surface area contributed by atoms with Gasteiger partial charge in [0.1, 0.15) is 11.5 Å². The van der Waals surface area contributed by atoms with Gasteiger partial charge in [0.05, 0.1) is 16.9 Å².